The average Bonchev–Trinajstić information content (AvgIpc) is 3.05. The molecule has 3 heterocycles. The number of urea groups is 1. The minimum Gasteiger partial charge on any atom is -0.396 e. The number of pyridine rings is 1. The van der Waals surface area contributed by atoms with Gasteiger partial charge in [0.25, 0.3) is 0 Å². The van der Waals surface area contributed by atoms with Gasteiger partial charge in [0, 0.05) is 48.1 Å². The van der Waals surface area contributed by atoms with Crippen LogP contribution in [0.1, 0.15) is 9.88 Å². The van der Waals surface area contributed by atoms with Crippen molar-refractivity contribution in [3.8, 4) is 11.3 Å². The molecule has 1 aromatic carbocycles. The topological polar surface area (TPSA) is 84.1 Å². The highest BCUT2D eigenvalue weighted by atomic mass is 32.1. The van der Waals surface area contributed by atoms with E-state index in [-0.39, 0.29) is 28.8 Å². The van der Waals surface area contributed by atoms with Gasteiger partial charge in [-0.1, -0.05) is 0 Å². The fourth-order valence-corrected chi connectivity index (χ4v) is 4.11. The lowest BCUT2D eigenvalue weighted by Crippen LogP contribution is -2.52. The van der Waals surface area contributed by atoms with Crippen molar-refractivity contribution in [2.24, 2.45) is 5.92 Å². The Morgan fingerprint density at radius 2 is 2.10 bits per heavy atom. The Labute approximate surface area is 170 Å². The minimum atomic E-state index is -0.734. The number of likely N-dealkylation sites (tertiary alicyclic amines) is 1. The summed E-state index contributed by atoms with van der Waals surface area (Å²) >= 11 is 1.67. The van der Waals surface area contributed by atoms with Gasteiger partial charge >= 0.3 is 6.03 Å². The van der Waals surface area contributed by atoms with Crippen LogP contribution in [0.4, 0.5) is 25.1 Å². The number of nitrogens with zero attached hydrogens (tertiary/aromatic N) is 3. The molecule has 0 unspecified atom stereocenters. The van der Waals surface area contributed by atoms with Gasteiger partial charge in [-0.3, -0.25) is 5.32 Å². The molecule has 6 nitrogen and oxygen atoms in total. The van der Waals surface area contributed by atoms with Crippen molar-refractivity contribution >= 4 is 28.9 Å². The number of nitrogen functional groups attached to an aromatic ring is 1. The number of hydrogen-bond donors (Lipinski definition) is 2. The van der Waals surface area contributed by atoms with Crippen LogP contribution in [0.15, 0.2) is 36.5 Å². The second-order valence-electron chi connectivity index (χ2n) is 7.03. The van der Waals surface area contributed by atoms with E-state index in [0.29, 0.717) is 19.0 Å². The zero-order valence-electron chi connectivity index (χ0n) is 15.7. The van der Waals surface area contributed by atoms with Gasteiger partial charge in [-0.2, -0.15) is 0 Å². The number of benzene rings is 1. The first-order valence-corrected chi connectivity index (χ1v) is 9.90. The van der Waals surface area contributed by atoms with Crippen molar-refractivity contribution in [1.82, 2.24) is 14.9 Å². The second kappa shape index (κ2) is 7.75. The highest BCUT2D eigenvalue weighted by Gasteiger charge is 2.31. The first-order chi connectivity index (χ1) is 13.9. The van der Waals surface area contributed by atoms with Crippen molar-refractivity contribution in [3.63, 3.8) is 0 Å². The summed E-state index contributed by atoms with van der Waals surface area (Å²) in [7, 11) is 0. The molecule has 29 heavy (non-hydrogen) atoms. The summed E-state index contributed by atoms with van der Waals surface area (Å²) in [5.74, 6) is -0.885. The molecule has 2 amide bonds. The summed E-state index contributed by atoms with van der Waals surface area (Å²) in [6.45, 7) is 3.26. The molecule has 1 aliphatic rings. The minimum absolute atomic E-state index is 0.129. The molecular weight excluding hydrogens is 396 g/mol. The maximum Gasteiger partial charge on any atom is 0.323 e. The monoisotopic (exact) mass is 415 g/mol. The molecule has 2 aromatic heterocycles. The van der Waals surface area contributed by atoms with Crippen LogP contribution in [0.25, 0.3) is 11.3 Å². The molecule has 3 aromatic rings. The molecule has 1 saturated heterocycles. The number of rotatable bonds is 4. The Morgan fingerprint density at radius 3 is 2.79 bits per heavy atom. The highest BCUT2D eigenvalue weighted by molar-refractivity contribution is 7.11. The summed E-state index contributed by atoms with van der Waals surface area (Å²) in [5.41, 5.74) is 6.56. The standard InChI is InChI=1S/C20H19F2N5OS/c1-11-8-24-18(29-11)6-12-9-27(10-12)20(28)26-19-16(23)4-5-17(25-19)14-3-2-13(21)7-15(14)22/h2-5,7-8,12H,6,9-10,23H2,1H3,(H,25,26,28). The molecule has 4 rings (SSSR count). The largest absolute Gasteiger partial charge is 0.396 e. The van der Waals surface area contributed by atoms with Crippen molar-refractivity contribution in [2.75, 3.05) is 24.1 Å². The van der Waals surface area contributed by atoms with Gasteiger partial charge < -0.3 is 10.6 Å². The molecule has 1 aliphatic heterocycles. The summed E-state index contributed by atoms with van der Waals surface area (Å²) in [6.07, 6.45) is 2.70. The van der Waals surface area contributed by atoms with Gasteiger partial charge in [-0.15, -0.1) is 11.3 Å². The van der Waals surface area contributed by atoms with Crippen molar-refractivity contribution < 1.29 is 13.6 Å². The number of aromatic nitrogens is 2. The van der Waals surface area contributed by atoms with Crippen LogP contribution < -0.4 is 11.1 Å². The molecule has 0 radical (unpaired) electrons. The van der Waals surface area contributed by atoms with Crippen LogP contribution in [-0.4, -0.2) is 34.0 Å². The number of aryl methyl sites for hydroxylation is 1. The van der Waals surface area contributed by atoms with Crippen LogP contribution in [0, 0.1) is 24.5 Å². The van der Waals surface area contributed by atoms with Crippen molar-refractivity contribution in [1.29, 1.82) is 0 Å². The maximum atomic E-state index is 14.0. The number of thiazole rings is 1. The quantitative estimate of drug-likeness (QED) is 0.673. The number of halogens is 2. The van der Waals surface area contributed by atoms with Crippen LogP contribution >= 0.6 is 11.3 Å². The lowest BCUT2D eigenvalue weighted by molar-refractivity contribution is 0.131. The van der Waals surface area contributed by atoms with E-state index in [9.17, 15) is 13.6 Å². The molecule has 0 atom stereocenters. The zero-order valence-corrected chi connectivity index (χ0v) is 16.5. The highest BCUT2D eigenvalue weighted by Crippen LogP contribution is 2.27. The Kier molecular flexibility index (Phi) is 5.14. The van der Waals surface area contributed by atoms with E-state index in [1.165, 1.54) is 23.1 Å². The third-order valence-corrected chi connectivity index (χ3v) is 5.67. The van der Waals surface area contributed by atoms with E-state index in [0.717, 1.165) is 23.6 Å². The summed E-state index contributed by atoms with van der Waals surface area (Å²) in [5, 5.41) is 3.76. The summed E-state index contributed by atoms with van der Waals surface area (Å²) in [4.78, 5) is 23.9. The third-order valence-electron chi connectivity index (χ3n) is 4.74. The average molecular weight is 415 g/mol. The Bertz CT molecular complexity index is 1060. The normalized spacial score (nSPS) is 14.0. The number of nitrogens with one attached hydrogen (secondary N) is 1. The number of anilines is 2. The molecule has 0 bridgehead atoms. The number of carbonyl (C=O) groups excluding carboxylic acids is 1. The zero-order chi connectivity index (χ0) is 20.5. The molecule has 0 aliphatic carbocycles. The Balaban J connectivity index is 1.41. The lowest BCUT2D eigenvalue weighted by Gasteiger charge is -2.38. The van der Waals surface area contributed by atoms with E-state index in [2.05, 4.69) is 15.3 Å². The molecule has 0 saturated carbocycles. The summed E-state index contributed by atoms with van der Waals surface area (Å²) in [6, 6.07) is 5.98. The number of amides is 2. The SMILES string of the molecule is Cc1cnc(CC2CN(C(=O)Nc3nc(-c4ccc(F)cc4F)ccc3N)C2)s1. The first kappa shape index (κ1) is 19.3. The van der Waals surface area contributed by atoms with Crippen LogP contribution in [0.3, 0.4) is 0 Å². The van der Waals surface area contributed by atoms with Gasteiger partial charge in [0.1, 0.15) is 11.6 Å². The molecule has 9 heteroatoms. The first-order valence-electron chi connectivity index (χ1n) is 9.08. The van der Waals surface area contributed by atoms with E-state index in [1.807, 2.05) is 13.1 Å². The molecule has 150 valence electrons. The number of hydrogen-bond acceptors (Lipinski definition) is 5. The van der Waals surface area contributed by atoms with Crippen molar-refractivity contribution in [2.45, 2.75) is 13.3 Å². The van der Waals surface area contributed by atoms with Gasteiger partial charge in [-0.05, 0) is 31.2 Å². The predicted molar refractivity (Wildman–Crippen MR) is 109 cm³/mol. The molecular formula is C20H19F2N5OS. The van der Waals surface area contributed by atoms with Gasteiger partial charge in [-0.25, -0.2) is 23.5 Å². The maximum absolute atomic E-state index is 14.0. The van der Waals surface area contributed by atoms with E-state index >= 15 is 0 Å². The van der Waals surface area contributed by atoms with Gasteiger partial charge in [0.15, 0.2) is 5.82 Å². The Hall–Kier alpha value is -3.07. The number of carbonyl (C=O) groups is 1. The van der Waals surface area contributed by atoms with E-state index in [4.69, 9.17) is 5.73 Å². The third kappa shape index (κ3) is 4.19. The Morgan fingerprint density at radius 1 is 1.31 bits per heavy atom. The van der Waals surface area contributed by atoms with Crippen molar-refractivity contribution in [3.05, 3.63) is 58.0 Å². The van der Waals surface area contributed by atoms with Crippen LogP contribution in [0.5, 0.6) is 0 Å². The summed E-state index contributed by atoms with van der Waals surface area (Å²) < 4.78 is 27.2. The lowest BCUT2D eigenvalue weighted by atomic mass is 9.97. The number of nitrogens with two attached hydrogens (primary N) is 1. The van der Waals surface area contributed by atoms with E-state index < -0.39 is 11.6 Å². The molecule has 1 fully saturated rings. The second-order valence-corrected chi connectivity index (χ2v) is 8.35. The van der Waals surface area contributed by atoms with Gasteiger partial charge in [0.2, 0.25) is 0 Å². The predicted octanol–water partition coefficient (Wildman–Crippen LogP) is 4.08. The smallest absolute Gasteiger partial charge is 0.323 e. The molecule has 0 spiro atoms. The fourth-order valence-electron chi connectivity index (χ4n) is 3.21. The fraction of sp³-hybridized carbons (Fsp3) is 0.250. The van der Waals surface area contributed by atoms with Crippen LogP contribution in [0.2, 0.25) is 0 Å². The van der Waals surface area contributed by atoms with Crippen LogP contribution in [-0.2, 0) is 6.42 Å². The van der Waals surface area contributed by atoms with Gasteiger partial charge in [0.05, 0.1) is 16.4 Å². The molecule has 3 N–H and O–H groups in total. The van der Waals surface area contributed by atoms with E-state index in [1.54, 1.807) is 16.2 Å².